The molecule has 2 aliphatic rings. The zero-order valence-corrected chi connectivity index (χ0v) is 15.2. The average molecular weight is 310 g/mol. The van der Waals surface area contributed by atoms with Crippen LogP contribution in [0.1, 0.15) is 64.2 Å². The molecule has 0 aromatic heterocycles. The highest BCUT2D eigenvalue weighted by molar-refractivity contribution is 5.28. The van der Waals surface area contributed by atoms with Crippen molar-refractivity contribution in [1.29, 1.82) is 0 Å². The van der Waals surface area contributed by atoms with Crippen LogP contribution in [0.15, 0.2) is 47.6 Å². The van der Waals surface area contributed by atoms with Gasteiger partial charge in [-0.15, -0.1) is 0 Å². The molecule has 1 nitrogen and oxygen atoms in total. The van der Waals surface area contributed by atoms with E-state index >= 15 is 0 Å². The van der Waals surface area contributed by atoms with Crippen LogP contribution in [0.4, 0.5) is 0 Å². The Kier molecular flexibility index (Phi) is 4.51. The summed E-state index contributed by atoms with van der Waals surface area (Å²) in [6.07, 6.45) is 8.44. The van der Waals surface area contributed by atoms with Crippen LogP contribution in [0.25, 0.3) is 0 Å². The van der Waals surface area contributed by atoms with Gasteiger partial charge in [0.15, 0.2) is 0 Å². The molecule has 1 aromatic carbocycles. The predicted molar refractivity (Wildman–Crippen MR) is 97.4 cm³/mol. The second-order valence-electron chi connectivity index (χ2n) is 7.97. The Labute approximate surface area is 141 Å². The van der Waals surface area contributed by atoms with E-state index in [1.54, 1.807) is 0 Å². The molecule has 3 unspecified atom stereocenters. The van der Waals surface area contributed by atoms with Crippen LogP contribution in [-0.4, -0.2) is 5.60 Å². The fraction of sp³-hybridized carbons (Fsp3) is 0.545. The lowest BCUT2D eigenvalue weighted by Crippen LogP contribution is -2.47. The van der Waals surface area contributed by atoms with E-state index in [-0.39, 0.29) is 11.7 Å². The number of hydrogen-bond acceptors (Lipinski definition) is 1. The second kappa shape index (κ2) is 6.28. The molecule has 1 heterocycles. The van der Waals surface area contributed by atoms with Crippen LogP contribution in [0.5, 0.6) is 0 Å². The minimum Gasteiger partial charge on any atom is -0.366 e. The fourth-order valence-corrected chi connectivity index (χ4v) is 4.08. The first kappa shape index (κ1) is 16.5. The number of fused-ring (bicyclic) bond motifs is 2. The monoisotopic (exact) mass is 310 g/mol. The number of aryl methyl sites for hydroxylation is 1. The molecule has 0 saturated carbocycles. The zero-order chi connectivity index (χ0) is 16.6. The van der Waals surface area contributed by atoms with Gasteiger partial charge in [-0.2, -0.15) is 0 Å². The number of ether oxygens (including phenoxy) is 1. The summed E-state index contributed by atoms with van der Waals surface area (Å²) in [7, 11) is 0. The van der Waals surface area contributed by atoms with Crippen LogP contribution in [0.2, 0.25) is 0 Å². The Morgan fingerprint density at radius 2 is 1.91 bits per heavy atom. The van der Waals surface area contributed by atoms with Gasteiger partial charge in [-0.25, -0.2) is 0 Å². The molecule has 1 aliphatic carbocycles. The van der Waals surface area contributed by atoms with Gasteiger partial charge in [-0.1, -0.05) is 53.1 Å². The molecule has 2 bridgehead atoms. The van der Waals surface area contributed by atoms with Gasteiger partial charge in [0.25, 0.3) is 0 Å². The van der Waals surface area contributed by atoms with Crippen LogP contribution >= 0.6 is 0 Å². The minimum atomic E-state index is -0.0550. The van der Waals surface area contributed by atoms with Gasteiger partial charge in [-0.05, 0) is 65.4 Å². The maximum atomic E-state index is 6.80. The summed E-state index contributed by atoms with van der Waals surface area (Å²) in [5.41, 5.74) is 5.48. The summed E-state index contributed by atoms with van der Waals surface area (Å²) in [6, 6.07) is 8.92. The molecule has 1 aliphatic heterocycles. The van der Waals surface area contributed by atoms with Crippen molar-refractivity contribution in [2.24, 2.45) is 11.8 Å². The Hall–Kier alpha value is -1.34. The molecule has 0 N–H and O–H groups in total. The summed E-state index contributed by atoms with van der Waals surface area (Å²) in [5.74, 6) is 1.17. The van der Waals surface area contributed by atoms with Crippen LogP contribution in [0.3, 0.4) is 0 Å². The smallest absolute Gasteiger partial charge is 0.0897 e. The number of allylic oxidation sites excluding steroid dienone is 2. The van der Waals surface area contributed by atoms with Crippen molar-refractivity contribution in [1.82, 2.24) is 0 Å². The van der Waals surface area contributed by atoms with E-state index < -0.39 is 0 Å². The Morgan fingerprint density at radius 1 is 1.22 bits per heavy atom. The molecular weight excluding hydrogens is 280 g/mol. The third-order valence-corrected chi connectivity index (χ3v) is 5.79. The van der Waals surface area contributed by atoms with E-state index in [4.69, 9.17) is 4.74 Å². The van der Waals surface area contributed by atoms with E-state index in [2.05, 4.69) is 71.0 Å². The van der Waals surface area contributed by atoms with Gasteiger partial charge in [-0.3, -0.25) is 0 Å². The van der Waals surface area contributed by atoms with Crippen molar-refractivity contribution >= 4 is 0 Å². The van der Waals surface area contributed by atoms with Gasteiger partial charge in [0.05, 0.1) is 11.7 Å². The maximum absolute atomic E-state index is 6.80. The number of hydrogen-bond donors (Lipinski definition) is 0. The third kappa shape index (κ3) is 3.30. The number of rotatable bonds is 3. The maximum Gasteiger partial charge on any atom is 0.0897 e. The van der Waals surface area contributed by atoms with Crippen molar-refractivity contribution in [3.63, 3.8) is 0 Å². The molecule has 4 atom stereocenters. The Balaban J connectivity index is 1.94. The van der Waals surface area contributed by atoms with Crippen molar-refractivity contribution in [2.45, 2.75) is 65.6 Å². The first-order chi connectivity index (χ1) is 10.9. The van der Waals surface area contributed by atoms with Crippen molar-refractivity contribution in [2.75, 3.05) is 0 Å². The first-order valence-electron chi connectivity index (χ1n) is 8.93. The second-order valence-corrected chi connectivity index (χ2v) is 7.97. The topological polar surface area (TPSA) is 9.23 Å². The summed E-state index contributed by atoms with van der Waals surface area (Å²) in [5, 5.41) is 0. The predicted octanol–water partition coefficient (Wildman–Crippen LogP) is 6.15. The van der Waals surface area contributed by atoms with E-state index in [0.717, 1.165) is 12.8 Å². The van der Waals surface area contributed by atoms with Gasteiger partial charge in [0.1, 0.15) is 0 Å². The quantitative estimate of drug-likeness (QED) is 0.608. The molecule has 23 heavy (non-hydrogen) atoms. The summed E-state index contributed by atoms with van der Waals surface area (Å²) < 4.78 is 6.80. The van der Waals surface area contributed by atoms with E-state index in [0.29, 0.717) is 11.8 Å². The van der Waals surface area contributed by atoms with Gasteiger partial charge in [0, 0.05) is 5.92 Å². The van der Waals surface area contributed by atoms with Gasteiger partial charge < -0.3 is 4.74 Å². The van der Waals surface area contributed by atoms with E-state index in [1.807, 2.05) is 0 Å². The number of benzene rings is 1. The molecule has 0 radical (unpaired) electrons. The van der Waals surface area contributed by atoms with E-state index in [1.165, 1.54) is 28.7 Å². The standard InChI is InChI=1S/C22H30O/c1-15(2)12-13-22(5)19-11-8-17(4)20(14-19)21(23-22)18-9-6-16(3)7-10-18/h6-10,12,19-21H,11,13-14H2,1-5H3/t19-,20?,21?,22?/m0/s1. The SMILES string of the molecule is CC(C)=CCC1(C)OC(c2ccc(C)cc2)C2C[C@@H]1CC=C2C. The molecule has 3 rings (SSSR count). The molecule has 1 saturated heterocycles. The lowest BCUT2D eigenvalue weighted by molar-refractivity contribution is -0.175. The molecule has 1 heteroatoms. The van der Waals surface area contributed by atoms with E-state index in [9.17, 15) is 0 Å². The Morgan fingerprint density at radius 3 is 2.57 bits per heavy atom. The molecule has 0 amide bonds. The van der Waals surface area contributed by atoms with Gasteiger partial charge in [0.2, 0.25) is 0 Å². The van der Waals surface area contributed by atoms with Crippen molar-refractivity contribution in [3.05, 3.63) is 58.7 Å². The zero-order valence-electron chi connectivity index (χ0n) is 15.2. The molecule has 0 spiro atoms. The summed E-state index contributed by atoms with van der Waals surface area (Å²) >= 11 is 0. The third-order valence-electron chi connectivity index (χ3n) is 5.79. The average Bonchev–Trinajstić information content (AvgIpc) is 2.52. The molecule has 1 fully saturated rings. The lowest BCUT2D eigenvalue weighted by atomic mass is 9.67. The first-order valence-corrected chi connectivity index (χ1v) is 8.93. The molecular formula is C22H30O. The summed E-state index contributed by atoms with van der Waals surface area (Å²) in [6.45, 7) is 11.1. The lowest BCUT2D eigenvalue weighted by Gasteiger charge is -2.51. The molecule has 124 valence electrons. The minimum absolute atomic E-state index is 0.0550. The van der Waals surface area contributed by atoms with Crippen LogP contribution in [-0.2, 0) is 4.74 Å². The van der Waals surface area contributed by atoms with Crippen LogP contribution < -0.4 is 0 Å². The molecule has 1 aromatic rings. The summed E-state index contributed by atoms with van der Waals surface area (Å²) in [4.78, 5) is 0. The highest BCUT2D eigenvalue weighted by Crippen LogP contribution is 2.52. The normalized spacial score (nSPS) is 33.1. The Bertz CT molecular complexity index is 618. The van der Waals surface area contributed by atoms with Gasteiger partial charge >= 0.3 is 0 Å². The fourth-order valence-electron chi connectivity index (χ4n) is 4.08. The highest BCUT2D eigenvalue weighted by Gasteiger charge is 2.47. The van der Waals surface area contributed by atoms with Crippen molar-refractivity contribution in [3.8, 4) is 0 Å². The largest absolute Gasteiger partial charge is 0.366 e. The van der Waals surface area contributed by atoms with Crippen LogP contribution in [0, 0.1) is 18.8 Å². The van der Waals surface area contributed by atoms with Crippen molar-refractivity contribution < 1.29 is 4.74 Å². The highest BCUT2D eigenvalue weighted by atomic mass is 16.5.